The first-order chi connectivity index (χ1) is 7.96. The van der Waals surface area contributed by atoms with Crippen molar-refractivity contribution in [3.8, 4) is 11.3 Å². The normalized spacial score (nSPS) is 11.4. The molecule has 0 saturated carbocycles. The fourth-order valence-corrected chi connectivity index (χ4v) is 2.07. The number of aryl methyl sites for hydroxylation is 1. The molecular formula is C11H13N3O2S. The molecule has 90 valence electrons. The van der Waals surface area contributed by atoms with E-state index in [0.717, 1.165) is 17.5 Å². The fourth-order valence-electron chi connectivity index (χ4n) is 1.50. The topological polar surface area (TPSA) is 64.0 Å². The van der Waals surface area contributed by atoms with E-state index in [9.17, 15) is 8.42 Å². The van der Waals surface area contributed by atoms with Gasteiger partial charge >= 0.3 is 0 Å². The van der Waals surface area contributed by atoms with Crippen molar-refractivity contribution in [3.63, 3.8) is 0 Å². The van der Waals surface area contributed by atoms with E-state index < -0.39 is 10.0 Å². The standard InChI is InChI=1S/C11H13N3O2S/c1-14-11(13-17(2,15)16)8-10(12-14)9-6-4-3-5-7-9/h3-8,13H,1-2H3. The molecule has 5 nitrogen and oxygen atoms in total. The molecule has 17 heavy (non-hydrogen) atoms. The van der Waals surface area contributed by atoms with Crippen molar-refractivity contribution < 1.29 is 8.42 Å². The molecule has 0 radical (unpaired) electrons. The van der Waals surface area contributed by atoms with Crippen LogP contribution < -0.4 is 4.72 Å². The molecule has 0 aliphatic rings. The third-order valence-electron chi connectivity index (χ3n) is 2.24. The maximum Gasteiger partial charge on any atom is 0.230 e. The van der Waals surface area contributed by atoms with Crippen LogP contribution in [0.2, 0.25) is 0 Å². The first-order valence-corrected chi connectivity index (χ1v) is 6.92. The van der Waals surface area contributed by atoms with Crippen LogP contribution in [0.3, 0.4) is 0 Å². The summed E-state index contributed by atoms with van der Waals surface area (Å²) in [5.74, 6) is 0.450. The molecule has 0 aliphatic carbocycles. The summed E-state index contributed by atoms with van der Waals surface area (Å²) in [6, 6.07) is 11.3. The molecule has 0 aliphatic heterocycles. The average Bonchev–Trinajstić information content (AvgIpc) is 2.59. The van der Waals surface area contributed by atoms with Crippen molar-refractivity contribution in [1.29, 1.82) is 0 Å². The van der Waals surface area contributed by atoms with Crippen LogP contribution in [0.1, 0.15) is 0 Å². The van der Waals surface area contributed by atoms with Crippen molar-refractivity contribution in [2.75, 3.05) is 11.0 Å². The van der Waals surface area contributed by atoms with Gasteiger partial charge in [-0.3, -0.25) is 9.40 Å². The number of hydrogen-bond donors (Lipinski definition) is 1. The van der Waals surface area contributed by atoms with E-state index in [2.05, 4.69) is 9.82 Å². The van der Waals surface area contributed by atoms with Gasteiger partial charge in [-0.1, -0.05) is 30.3 Å². The molecule has 0 fully saturated rings. The Morgan fingerprint density at radius 1 is 1.24 bits per heavy atom. The monoisotopic (exact) mass is 251 g/mol. The second-order valence-electron chi connectivity index (χ2n) is 3.78. The summed E-state index contributed by atoms with van der Waals surface area (Å²) in [4.78, 5) is 0. The molecule has 1 N–H and O–H groups in total. The van der Waals surface area contributed by atoms with E-state index in [1.165, 1.54) is 4.68 Å². The smallest absolute Gasteiger partial charge is 0.230 e. The fraction of sp³-hybridized carbons (Fsp3) is 0.182. The summed E-state index contributed by atoms with van der Waals surface area (Å²) >= 11 is 0. The molecule has 0 spiro atoms. The number of sulfonamides is 1. The van der Waals surface area contributed by atoms with Crippen LogP contribution in [0.4, 0.5) is 5.82 Å². The van der Waals surface area contributed by atoms with E-state index in [-0.39, 0.29) is 0 Å². The highest BCUT2D eigenvalue weighted by Crippen LogP contribution is 2.21. The van der Waals surface area contributed by atoms with E-state index in [0.29, 0.717) is 5.82 Å². The number of aromatic nitrogens is 2. The van der Waals surface area contributed by atoms with Gasteiger partial charge in [0.15, 0.2) is 0 Å². The van der Waals surface area contributed by atoms with E-state index in [1.807, 2.05) is 30.3 Å². The molecule has 2 aromatic rings. The van der Waals surface area contributed by atoms with Crippen molar-refractivity contribution in [2.45, 2.75) is 0 Å². The van der Waals surface area contributed by atoms with Crippen LogP contribution >= 0.6 is 0 Å². The Labute approximate surface area is 100 Å². The van der Waals surface area contributed by atoms with E-state index in [4.69, 9.17) is 0 Å². The number of nitrogens with one attached hydrogen (secondary N) is 1. The number of nitrogens with zero attached hydrogens (tertiary/aromatic N) is 2. The predicted octanol–water partition coefficient (Wildman–Crippen LogP) is 1.46. The zero-order valence-electron chi connectivity index (χ0n) is 9.58. The van der Waals surface area contributed by atoms with Crippen LogP contribution in [0.25, 0.3) is 11.3 Å². The van der Waals surface area contributed by atoms with Gasteiger partial charge in [0.2, 0.25) is 10.0 Å². The van der Waals surface area contributed by atoms with Gasteiger partial charge in [0, 0.05) is 18.7 Å². The highest BCUT2D eigenvalue weighted by molar-refractivity contribution is 7.92. The van der Waals surface area contributed by atoms with Crippen molar-refractivity contribution in [3.05, 3.63) is 36.4 Å². The molecule has 0 amide bonds. The Morgan fingerprint density at radius 2 is 1.88 bits per heavy atom. The summed E-state index contributed by atoms with van der Waals surface area (Å²) in [6.45, 7) is 0. The number of benzene rings is 1. The maximum atomic E-state index is 11.1. The first kappa shape index (κ1) is 11.7. The van der Waals surface area contributed by atoms with Crippen LogP contribution in [-0.4, -0.2) is 24.5 Å². The van der Waals surface area contributed by atoms with Gasteiger partial charge in [-0.2, -0.15) is 5.10 Å². The highest BCUT2D eigenvalue weighted by Gasteiger charge is 2.10. The van der Waals surface area contributed by atoms with Crippen molar-refractivity contribution >= 4 is 15.8 Å². The minimum Gasteiger partial charge on any atom is -0.268 e. The molecule has 0 saturated heterocycles. The Balaban J connectivity index is 2.38. The Hall–Kier alpha value is -1.82. The molecule has 0 unspecified atom stereocenters. The number of anilines is 1. The molecule has 0 atom stereocenters. The quantitative estimate of drug-likeness (QED) is 0.898. The molecule has 2 rings (SSSR count). The summed E-state index contributed by atoms with van der Waals surface area (Å²) in [5.41, 5.74) is 1.68. The largest absolute Gasteiger partial charge is 0.268 e. The van der Waals surface area contributed by atoms with Crippen LogP contribution in [-0.2, 0) is 17.1 Å². The summed E-state index contributed by atoms with van der Waals surface area (Å²) in [6.07, 6.45) is 1.11. The SMILES string of the molecule is Cn1nc(-c2ccccc2)cc1NS(C)(=O)=O. The first-order valence-electron chi connectivity index (χ1n) is 5.03. The lowest BCUT2D eigenvalue weighted by Crippen LogP contribution is -2.12. The molecule has 1 aromatic carbocycles. The third kappa shape index (κ3) is 2.85. The summed E-state index contributed by atoms with van der Waals surface area (Å²) < 4.78 is 26.2. The number of rotatable bonds is 3. The third-order valence-corrected chi connectivity index (χ3v) is 2.82. The lowest BCUT2D eigenvalue weighted by Gasteiger charge is -2.01. The minimum absolute atomic E-state index is 0.450. The second kappa shape index (κ2) is 4.21. The molecule has 0 bridgehead atoms. The predicted molar refractivity (Wildman–Crippen MR) is 67.1 cm³/mol. The van der Waals surface area contributed by atoms with Crippen LogP contribution in [0.15, 0.2) is 36.4 Å². The zero-order valence-corrected chi connectivity index (χ0v) is 10.4. The zero-order chi connectivity index (χ0) is 12.5. The second-order valence-corrected chi connectivity index (χ2v) is 5.53. The van der Waals surface area contributed by atoms with Gasteiger partial charge in [0.1, 0.15) is 5.82 Å². The Kier molecular flexibility index (Phi) is 2.89. The molecular weight excluding hydrogens is 238 g/mol. The maximum absolute atomic E-state index is 11.1. The molecule has 1 aromatic heterocycles. The highest BCUT2D eigenvalue weighted by atomic mass is 32.2. The minimum atomic E-state index is -3.28. The van der Waals surface area contributed by atoms with Crippen molar-refractivity contribution in [2.24, 2.45) is 7.05 Å². The summed E-state index contributed by atoms with van der Waals surface area (Å²) in [5, 5.41) is 4.25. The van der Waals surface area contributed by atoms with E-state index >= 15 is 0 Å². The summed E-state index contributed by atoms with van der Waals surface area (Å²) in [7, 11) is -1.58. The Morgan fingerprint density at radius 3 is 2.47 bits per heavy atom. The van der Waals surface area contributed by atoms with Gasteiger partial charge in [0.25, 0.3) is 0 Å². The van der Waals surface area contributed by atoms with Gasteiger partial charge in [-0.15, -0.1) is 0 Å². The van der Waals surface area contributed by atoms with Gasteiger partial charge in [-0.25, -0.2) is 8.42 Å². The van der Waals surface area contributed by atoms with E-state index in [1.54, 1.807) is 13.1 Å². The Bertz CT molecular complexity index is 617. The molecule has 1 heterocycles. The van der Waals surface area contributed by atoms with Crippen LogP contribution in [0, 0.1) is 0 Å². The van der Waals surface area contributed by atoms with Crippen molar-refractivity contribution in [1.82, 2.24) is 9.78 Å². The number of hydrogen-bond acceptors (Lipinski definition) is 3. The average molecular weight is 251 g/mol. The van der Waals surface area contributed by atoms with Gasteiger partial charge in [0.05, 0.1) is 11.9 Å². The van der Waals surface area contributed by atoms with Gasteiger partial charge in [-0.05, 0) is 0 Å². The lowest BCUT2D eigenvalue weighted by atomic mass is 10.2. The molecule has 6 heteroatoms. The van der Waals surface area contributed by atoms with Crippen LogP contribution in [0.5, 0.6) is 0 Å². The van der Waals surface area contributed by atoms with Gasteiger partial charge < -0.3 is 0 Å². The lowest BCUT2D eigenvalue weighted by molar-refractivity contribution is 0.606.